The van der Waals surface area contributed by atoms with Crippen LogP contribution in [-0.2, 0) is 12.4 Å². The molecule has 1 aliphatic rings. The molecule has 23 heavy (non-hydrogen) atoms. The molecule has 0 atom stereocenters. The van der Waals surface area contributed by atoms with Crippen LogP contribution in [0.4, 0.5) is 0 Å². The van der Waals surface area contributed by atoms with Gasteiger partial charge in [0.1, 0.15) is 12.9 Å². The highest BCUT2D eigenvalue weighted by Gasteiger charge is 2.21. The summed E-state index contributed by atoms with van der Waals surface area (Å²) in [5.74, 6) is 1.24. The lowest BCUT2D eigenvalue weighted by Crippen LogP contribution is -2.08. The molecular formula is C17H12Cl2N4. The van der Waals surface area contributed by atoms with Crippen LogP contribution in [0.15, 0.2) is 53.8 Å². The third-order valence-electron chi connectivity index (χ3n) is 3.86. The van der Waals surface area contributed by atoms with E-state index in [1.165, 1.54) is 0 Å². The molecule has 114 valence electrons. The van der Waals surface area contributed by atoms with Gasteiger partial charge in [-0.3, -0.25) is 9.56 Å². The summed E-state index contributed by atoms with van der Waals surface area (Å²) in [5, 5.41) is 8.82. The number of alkyl halides is 1. The molecule has 0 N–H and O–H groups in total. The van der Waals surface area contributed by atoms with Crippen LogP contribution in [0.25, 0.3) is 5.69 Å². The minimum Gasteiger partial charge on any atom is -0.283 e. The topological polar surface area (TPSA) is 43.1 Å². The van der Waals surface area contributed by atoms with Gasteiger partial charge in [-0.25, -0.2) is 0 Å². The fourth-order valence-corrected chi connectivity index (χ4v) is 3.14. The molecule has 3 aromatic rings. The number of halogens is 2. The van der Waals surface area contributed by atoms with Gasteiger partial charge < -0.3 is 0 Å². The molecule has 0 amide bonds. The van der Waals surface area contributed by atoms with Crippen molar-refractivity contribution in [2.24, 2.45) is 4.99 Å². The number of rotatable bonds is 2. The van der Waals surface area contributed by atoms with Crippen LogP contribution in [0.3, 0.4) is 0 Å². The molecule has 1 aromatic heterocycles. The van der Waals surface area contributed by atoms with Crippen LogP contribution in [0, 0.1) is 0 Å². The van der Waals surface area contributed by atoms with Crippen molar-refractivity contribution in [1.82, 2.24) is 14.8 Å². The predicted octanol–water partition coefficient (Wildman–Crippen LogP) is 4.01. The first-order valence-electron chi connectivity index (χ1n) is 7.16. The molecule has 0 aliphatic carbocycles. The number of hydrogen-bond acceptors (Lipinski definition) is 3. The van der Waals surface area contributed by atoms with Crippen LogP contribution in [0.1, 0.15) is 22.5 Å². The Kier molecular flexibility index (Phi) is 3.63. The molecule has 0 unspecified atom stereocenters. The van der Waals surface area contributed by atoms with E-state index in [9.17, 15) is 0 Å². The fraction of sp³-hybridized carbons (Fsp3) is 0.118. The van der Waals surface area contributed by atoms with Crippen molar-refractivity contribution in [3.63, 3.8) is 0 Å². The first-order chi connectivity index (χ1) is 11.3. The summed E-state index contributed by atoms with van der Waals surface area (Å²) >= 11 is 12.4. The van der Waals surface area contributed by atoms with Crippen molar-refractivity contribution < 1.29 is 0 Å². The average molecular weight is 343 g/mol. The van der Waals surface area contributed by atoms with Gasteiger partial charge in [0.15, 0.2) is 5.82 Å². The molecule has 4 nitrogen and oxygen atoms in total. The van der Waals surface area contributed by atoms with Crippen LogP contribution >= 0.6 is 23.2 Å². The summed E-state index contributed by atoms with van der Waals surface area (Å²) in [7, 11) is 0. The summed E-state index contributed by atoms with van der Waals surface area (Å²) in [5.41, 5.74) is 4.75. The van der Waals surface area contributed by atoms with Gasteiger partial charge in [-0.05, 0) is 23.8 Å². The smallest absolute Gasteiger partial charge is 0.159 e. The summed E-state index contributed by atoms with van der Waals surface area (Å²) in [6.45, 7) is 0.450. The summed E-state index contributed by atoms with van der Waals surface area (Å²) < 4.78 is 1.96. The minimum absolute atomic E-state index is 0.443. The number of hydrogen-bond donors (Lipinski definition) is 0. The Morgan fingerprint density at radius 3 is 2.78 bits per heavy atom. The van der Waals surface area contributed by atoms with E-state index < -0.39 is 0 Å². The Hall–Kier alpha value is -2.17. The minimum atomic E-state index is 0.443. The molecule has 2 aromatic carbocycles. The second-order valence-electron chi connectivity index (χ2n) is 5.25. The van der Waals surface area contributed by atoms with Gasteiger partial charge in [0.25, 0.3) is 0 Å². The van der Waals surface area contributed by atoms with Crippen molar-refractivity contribution in [3.8, 4) is 5.69 Å². The fourth-order valence-electron chi connectivity index (χ4n) is 2.75. The standard InChI is InChI=1S/C17H12Cl2N4/c18-8-11-5-6-15-13(7-11)17(12-3-1-2-4-14(12)19)20-9-16-22-21-10-23(15)16/h1-7,10H,8-9H2. The third kappa shape index (κ3) is 2.44. The van der Waals surface area contributed by atoms with E-state index in [-0.39, 0.29) is 0 Å². The van der Waals surface area contributed by atoms with Gasteiger partial charge in [0, 0.05) is 22.0 Å². The van der Waals surface area contributed by atoms with E-state index in [1.807, 2.05) is 41.0 Å². The third-order valence-corrected chi connectivity index (χ3v) is 4.49. The van der Waals surface area contributed by atoms with Gasteiger partial charge in [0.2, 0.25) is 0 Å². The number of nitrogens with zero attached hydrogens (tertiary/aromatic N) is 4. The Morgan fingerprint density at radius 1 is 1.09 bits per heavy atom. The molecule has 0 saturated heterocycles. The van der Waals surface area contributed by atoms with E-state index in [4.69, 9.17) is 28.2 Å². The Bertz CT molecular complexity index is 914. The molecule has 0 bridgehead atoms. The highest BCUT2D eigenvalue weighted by Crippen LogP contribution is 2.28. The maximum atomic E-state index is 6.39. The Labute approximate surface area is 143 Å². The molecule has 0 radical (unpaired) electrons. The monoisotopic (exact) mass is 342 g/mol. The van der Waals surface area contributed by atoms with Gasteiger partial charge in [-0.15, -0.1) is 21.8 Å². The largest absolute Gasteiger partial charge is 0.283 e. The molecule has 1 aliphatic heterocycles. The summed E-state index contributed by atoms with van der Waals surface area (Å²) in [4.78, 5) is 4.75. The normalized spacial score (nSPS) is 13.0. The lowest BCUT2D eigenvalue weighted by molar-refractivity contribution is 0.870. The second-order valence-corrected chi connectivity index (χ2v) is 5.92. The summed E-state index contributed by atoms with van der Waals surface area (Å²) in [6.07, 6.45) is 1.71. The number of benzene rings is 2. The van der Waals surface area contributed by atoms with Crippen LogP contribution in [0.5, 0.6) is 0 Å². The second kappa shape index (κ2) is 5.80. The quantitative estimate of drug-likeness (QED) is 0.660. The van der Waals surface area contributed by atoms with Crippen LogP contribution in [0.2, 0.25) is 5.02 Å². The van der Waals surface area contributed by atoms with Crippen molar-refractivity contribution in [2.75, 3.05) is 0 Å². The Morgan fingerprint density at radius 2 is 1.96 bits per heavy atom. The predicted molar refractivity (Wildman–Crippen MR) is 91.7 cm³/mol. The molecule has 2 heterocycles. The SMILES string of the molecule is ClCc1ccc2c(c1)C(c1ccccc1Cl)=NCc1nncn1-2. The highest BCUT2D eigenvalue weighted by molar-refractivity contribution is 6.35. The first kappa shape index (κ1) is 14.4. The van der Waals surface area contributed by atoms with E-state index >= 15 is 0 Å². The van der Waals surface area contributed by atoms with Gasteiger partial charge in [0.05, 0.1) is 11.4 Å². The summed E-state index contributed by atoms with van der Waals surface area (Å²) in [6, 6.07) is 13.8. The molecule has 0 fully saturated rings. The lowest BCUT2D eigenvalue weighted by Gasteiger charge is -2.13. The van der Waals surface area contributed by atoms with Crippen molar-refractivity contribution in [2.45, 2.75) is 12.4 Å². The zero-order chi connectivity index (χ0) is 15.8. The van der Waals surface area contributed by atoms with Crippen molar-refractivity contribution in [1.29, 1.82) is 0 Å². The first-order valence-corrected chi connectivity index (χ1v) is 8.07. The maximum Gasteiger partial charge on any atom is 0.159 e. The lowest BCUT2D eigenvalue weighted by atomic mass is 9.98. The molecular weight excluding hydrogens is 331 g/mol. The number of fused-ring (bicyclic) bond motifs is 3. The molecule has 4 rings (SSSR count). The maximum absolute atomic E-state index is 6.39. The van der Waals surface area contributed by atoms with Crippen molar-refractivity contribution in [3.05, 3.63) is 76.3 Å². The average Bonchev–Trinajstić information content (AvgIpc) is 2.99. The van der Waals surface area contributed by atoms with Crippen LogP contribution in [-0.4, -0.2) is 20.5 Å². The van der Waals surface area contributed by atoms with E-state index in [1.54, 1.807) is 6.33 Å². The molecule has 0 spiro atoms. The van der Waals surface area contributed by atoms with E-state index in [0.29, 0.717) is 17.4 Å². The van der Waals surface area contributed by atoms with Gasteiger partial charge in [-0.1, -0.05) is 35.9 Å². The molecule has 0 saturated carbocycles. The number of aliphatic imine (C=N–C) groups is 1. The van der Waals surface area contributed by atoms with Crippen molar-refractivity contribution >= 4 is 28.9 Å². The molecule has 6 heteroatoms. The highest BCUT2D eigenvalue weighted by atomic mass is 35.5. The number of aromatic nitrogens is 3. The zero-order valence-corrected chi connectivity index (χ0v) is 13.6. The van der Waals surface area contributed by atoms with E-state index in [0.717, 1.165) is 33.9 Å². The zero-order valence-electron chi connectivity index (χ0n) is 12.1. The van der Waals surface area contributed by atoms with Crippen LogP contribution < -0.4 is 0 Å². The van der Waals surface area contributed by atoms with E-state index in [2.05, 4.69) is 16.3 Å². The van der Waals surface area contributed by atoms with Gasteiger partial charge >= 0.3 is 0 Å². The van der Waals surface area contributed by atoms with Gasteiger partial charge in [-0.2, -0.15) is 0 Å². The Balaban J connectivity index is 2.00.